The third-order valence-corrected chi connectivity index (χ3v) is 3.42. The Morgan fingerprint density at radius 1 is 1.05 bits per heavy atom. The molecule has 0 heterocycles. The molecule has 0 aromatic heterocycles. The highest BCUT2D eigenvalue weighted by atomic mass is 32.2. The second-order valence-corrected chi connectivity index (χ2v) is 7.60. The quantitative estimate of drug-likeness (QED) is 0.349. The van der Waals surface area contributed by atoms with E-state index in [2.05, 4.69) is 4.18 Å². The summed E-state index contributed by atoms with van der Waals surface area (Å²) < 4.78 is 53.0. The predicted octanol–water partition coefficient (Wildman–Crippen LogP) is -0.992. The lowest BCUT2D eigenvalue weighted by Gasteiger charge is -2.16. The van der Waals surface area contributed by atoms with E-state index in [4.69, 9.17) is 4.18 Å². The zero-order chi connectivity index (χ0) is 15.8. The highest BCUT2D eigenvalue weighted by Crippen LogP contribution is 2.13. The van der Waals surface area contributed by atoms with E-state index >= 15 is 0 Å². The molecule has 0 spiro atoms. The summed E-state index contributed by atoms with van der Waals surface area (Å²) in [6.07, 6.45) is 2.03. The van der Waals surface area contributed by atoms with Gasteiger partial charge in [0.05, 0.1) is 25.2 Å². The van der Waals surface area contributed by atoms with Gasteiger partial charge < -0.3 is 9.90 Å². The van der Waals surface area contributed by atoms with Gasteiger partial charge in [-0.2, -0.15) is 16.8 Å². The fourth-order valence-electron chi connectivity index (χ4n) is 1.46. The molecule has 0 aliphatic carbocycles. The number of rotatable bonds is 11. The standard InChI is InChI=1S/C10H20O8S2/c1-19(13,14)17-8-7-9(18-20(2,15)16)5-3-4-6-10(11)12/h9H,3-8H2,1-2H3,(H,11,12)/p-1. The fraction of sp³-hybridized carbons (Fsp3) is 0.900. The van der Waals surface area contributed by atoms with Crippen LogP contribution in [0.2, 0.25) is 0 Å². The summed E-state index contributed by atoms with van der Waals surface area (Å²) in [4.78, 5) is 10.2. The van der Waals surface area contributed by atoms with E-state index in [0.29, 0.717) is 12.8 Å². The Balaban J connectivity index is 4.24. The van der Waals surface area contributed by atoms with E-state index < -0.39 is 32.3 Å². The molecule has 0 rings (SSSR count). The van der Waals surface area contributed by atoms with Gasteiger partial charge in [0, 0.05) is 5.97 Å². The number of carbonyl (C=O) groups is 1. The van der Waals surface area contributed by atoms with Gasteiger partial charge in [0.25, 0.3) is 20.2 Å². The van der Waals surface area contributed by atoms with Gasteiger partial charge in [-0.1, -0.05) is 6.42 Å². The maximum Gasteiger partial charge on any atom is 0.264 e. The number of hydrogen-bond donors (Lipinski definition) is 0. The molecule has 0 N–H and O–H groups in total. The van der Waals surface area contributed by atoms with Crippen LogP contribution in [0, 0.1) is 0 Å². The molecule has 10 heteroatoms. The number of carboxylic acids is 1. The molecule has 1 unspecified atom stereocenters. The lowest BCUT2D eigenvalue weighted by atomic mass is 10.1. The van der Waals surface area contributed by atoms with Crippen LogP contribution in [0.15, 0.2) is 0 Å². The molecule has 20 heavy (non-hydrogen) atoms. The maximum absolute atomic E-state index is 11.1. The van der Waals surface area contributed by atoms with Gasteiger partial charge in [0.15, 0.2) is 0 Å². The van der Waals surface area contributed by atoms with Crippen molar-refractivity contribution in [2.45, 2.75) is 38.2 Å². The van der Waals surface area contributed by atoms with Crippen LogP contribution >= 0.6 is 0 Å². The third-order valence-electron chi connectivity index (χ3n) is 2.21. The summed E-state index contributed by atoms with van der Waals surface area (Å²) >= 11 is 0. The highest BCUT2D eigenvalue weighted by Gasteiger charge is 2.16. The number of unbranched alkanes of at least 4 members (excludes halogenated alkanes) is 1. The molecular formula is C10H19O8S2-. The van der Waals surface area contributed by atoms with Crippen LogP contribution in [-0.4, -0.2) is 48.0 Å². The first-order valence-corrected chi connectivity index (χ1v) is 9.55. The first-order valence-electron chi connectivity index (χ1n) is 5.92. The minimum absolute atomic E-state index is 0.0749. The molecule has 0 fully saturated rings. The molecular weight excluding hydrogens is 312 g/mol. The van der Waals surface area contributed by atoms with Crippen molar-refractivity contribution in [2.75, 3.05) is 19.1 Å². The van der Waals surface area contributed by atoms with Crippen molar-refractivity contribution in [3.63, 3.8) is 0 Å². The minimum Gasteiger partial charge on any atom is -0.550 e. The Morgan fingerprint density at radius 2 is 1.65 bits per heavy atom. The Hall–Kier alpha value is -0.710. The van der Waals surface area contributed by atoms with Gasteiger partial charge in [-0.15, -0.1) is 0 Å². The molecule has 0 aromatic rings. The van der Waals surface area contributed by atoms with Gasteiger partial charge in [-0.05, 0) is 25.7 Å². The summed E-state index contributed by atoms with van der Waals surface area (Å²) in [6.45, 7) is -0.195. The molecule has 0 saturated heterocycles. The summed E-state index contributed by atoms with van der Waals surface area (Å²) in [5.41, 5.74) is 0. The summed E-state index contributed by atoms with van der Waals surface area (Å²) in [6, 6.07) is 0. The van der Waals surface area contributed by atoms with E-state index in [1.54, 1.807) is 0 Å². The van der Waals surface area contributed by atoms with Crippen LogP contribution in [0.1, 0.15) is 32.1 Å². The zero-order valence-electron chi connectivity index (χ0n) is 11.4. The van der Waals surface area contributed by atoms with Crippen molar-refractivity contribution in [3.8, 4) is 0 Å². The fourth-order valence-corrected chi connectivity index (χ4v) is 2.55. The molecule has 0 radical (unpaired) electrons. The average Bonchev–Trinajstić information content (AvgIpc) is 2.19. The molecule has 0 aliphatic rings. The average molecular weight is 331 g/mol. The molecule has 0 aliphatic heterocycles. The van der Waals surface area contributed by atoms with Crippen LogP contribution in [0.25, 0.3) is 0 Å². The molecule has 0 amide bonds. The van der Waals surface area contributed by atoms with E-state index in [9.17, 15) is 26.7 Å². The van der Waals surface area contributed by atoms with E-state index in [0.717, 1.165) is 12.5 Å². The van der Waals surface area contributed by atoms with Gasteiger partial charge in [0.2, 0.25) is 0 Å². The van der Waals surface area contributed by atoms with Gasteiger partial charge in [-0.25, -0.2) is 0 Å². The number of hydrogen-bond acceptors (Lipinski definition) is 8. The molecule has 0 saturated carbocycles. The topological polar surface area (TPSA) is 127 Å². The van der Waals surface area contributed by atoms with Crippen LogP contribution in [0.5, 0.6) is 0 Å². The Kier molecular flexibility index (Phi) is 8.25. The molecule has 0 bridgehead atoms. The Morgan fingerprint density at radius 3 is 2.10 bits per heavy atom. The van der Waals surface area contributed by atoms with Crippen molar-refractivity contribution in [2.24, 2.45) is 0 Å². The van der Waals surface area contributed by atoms with Gasteiger partial charge in [0.1, 0.15) is 0 Å². The van der Waals surface area contributed by atoms with E-state index in [1.807, 2.05) is 0 Å². The third kappa shape index (κ3) is 13.7. The van der Waals surface area contributed by atoms with E-state index in [1.165, 1.54) is 0 Å². The lowest BCUT2D eigenvalue weighted by molar-refractivity contribution is -0.305. The van der Waals surface area contributed by atoms with Gasteiger partial charge in [-0.3, -0.25) is 8.37 Å². The van der Waals surface area contributed by atoms with Crippen molar-refractivity contribution >= 4 is 26.2 Å². The van der Waals surface area contributed by atoms with Gasteiger partial charge >= 0.3 is 0 Å². The maximum atomic E-state index is 11.1. The number of aliphatic carboxylic acids is 1. The predicted molar refractivity (Wildman–Crippen MR) is 68.6 cm³/mol. The van der Waals surface area contributed by atoms with Crippen LogP contribution < -0.4 is 5.11 Å². The second-order valence-electron chi connectivity index (χ2n) is 4.35. The molecule has 8 nitrogen and oxygen atoms in total. The first-order chi connectivity index (χ1) is 8.99. The lowest BCUT2D eigenvalue weighted by Crippen LogP contribution is -2.22. The number of carboxylic acid groups (broad SMARTS) is 1. The minimum atomic E-state index is -3.68. The Labute approximate surface area is 119 Å². The summed E-state index contributed by atoms with van der Waals surface area (Å²) in [7, 11) is -7.27. The summed E-state index contributed by atoms with van der Waals surface area (Å²) in [5, 5.41) is 10.2. The second kappa shape index (κ2) is 8.55. The van der Waals surface area contributed by atoms with Crippen LogP contribution in [-0.2, 0) is 33.4 Å². The first kappa shape index (κ1) is 19.3. The zero-order valence-corrected chi connectivity index (χ0v) is 13.0. The SMILES string of the molecule is CS(=O)(=O)OCCC(CCCCC(=O)[O-])OS(C)(=O)=O. The highest BCUT2D eigenvalue weighted by molar-refractivity contribution is 7.86. The molecule has 120 valence electrons. The van der Waals surface area contributed by atoms with Crippen molar-refractivity contribution in [3.05, 3.63) is 0 Å². The largest absolute Gasteiger partial charge is 0.550 e. The summed E-state index contributed by atoms with van der Waals surface area (Å²) in [5.74, 6) is -1.18. The van der Waals surface area contributed by atoms with Crippen LogP contribution in [0.3, 0.4) is 0 Å². The Bertz CT molecular complexity index is 493. The molecule has 1 atom stereocenters. The van der Waals surface area contributed by atoms with Crippen LogP contribution in [0.4, 0.5) is 0 Å². The number of carbonyl (C=O) groups excluding carboxylic acids is 1. The normalized spacial score (nSPS) is 14.1. The molecule has 0 aromatic carbocycles. The van der Waals surface area contributed by atoms with Crippen molar-refractivity contribution in [1.29, 1.82) is 0 Å². The van der Waals surface area contributed by atoms with Crippen molar-refractivity contribution in [1.82, 2.24) is 0 Å². The van der Waals surface area contributed by atoms with E-state index in [-0.39, 0.29) is 25.9 Å². The smallest absolute Gasteiger partial charge is 0.264 e. The monoisotopic (exact) mass is 331 g/mol. The van der Waals surface area contributed by atoms with Crippen molar-refractivity contribution < 1.29 is 35.1 Å².